The van der Waals surface area contributed by atoms with Crippen LogP contribution in [0.1, 0.15) is 52.9 Å². The number of aliphatic hydroxyl groups is 1. The molecule has 4 aromatic rings. The lowest BCUT2D eigenvalue weighted by Gasteiger charge is -2.32. The van der Waals surface area contributed by atoms with Gasteiger partial charge in [-0.1, -0.05) is 42.5 Å². The zero-order chi connectivity index (χ0) is 27.7. The molecule has 1 saturated heterocycles. The number of methoxy groups -OCH3 is 1. The van der Waals surface area contributed by atoms with Gasteiger partial charge in [-0.05, 0) is 65.8 Å². The van der Waals surface area contributed by atoms with Crippen molar-refractivity contribution in [3.8, 4) is 11.3 Å². The molecule has 0 spiro atoms. The van der Waals surface area contributed by atoms with Crippen LogP contribution in [-0.4, -0.2) is 36.0 Å². The number of para-hydroxylation sites is 1. The van der Waals surface area contributed by atoms with Crippen molar-refractivity contribution in [1.29, 1.82) is 0 Å². The second-order valence-electron chi connectivity index (χ2n) is 10.3. The number of ether oxygens (including phenoxy) is 2. The molecule has 1 aromatic heterocycles. The van der Waals surface area contributed by atoms with E-state index in [-0.39, 0.29) is 11.6 Å². The molecular weight excluding hydrogens is 492 g/mol. The number of aromatic nitrogens is 1. The lowest BCUT2D eigenvalue weighted by Crippen LogP contribution is -2.33. The zero-order valence-corrected chi connectivity index (χ0v) is 22.8. The lowest BCUT2D eigenvalue weighted by atomic mass is 9.86. The molecule has 7 heteroatoms. The van der Waals surface area contributed by atoms with Crippen LogP contribution in [-0.2, 0) is 22.1 Å². The third-order valence-corrected chi connectivity index (χ3v) is 7.74. The summed E-state index contributed by atoms with van der Waals surface area (Å²) in [7, 11) is 3.15. The molecule has 1 atom stereocenters. The number of benzene rings is 3. The summed E-state index contributed by atoms with van der Waals surface area (Å²) in [5.41, 5.74) is 4.61. The number of rotatable bonds is 6. The van der Waals surface area contributed by atoms with Gasteiger partial charge in [0, 0.05) is 50.2 Å². The Bertz CT molecular complexity index is 1580. The molecule has 7 nitrogen and oxygen atoms in total. The fraction of sp³-hybridized carbons (Fsp3) is 0.312. The Kier molecular flexibility index (Phi) is 7.30. The SMILES string of the molecule is COC(=O)c1ccccc1NC(C)c1cc(C)cc2c(=O)n(C)c(-c3ccc(C4(O)CCOCC4)cc3)cc12. The molecule has 0 bridgehead atoms. The normalized spacial score (nSPS) is 15.6. The number of hydrogen-bond donors (Lipinski definition) is 2. The lowest BCUT2D eigenvalue weighted by molar-refractivity contribution is -0.0679. The Labute approximate surface area is 228 Å². The predicted octanol–water partition coefficient (Wildman–Crippen LogP) is 5.47. The molecule has 202 valence electrons. The minimum Gasteiger partial charge on any atom is -0.465 e. The Morgan fingerprint density at radius 3 is 2.44 bits per heavy atom. The van der Waals surface area contributed by atoms with Crippen molar-refractivity contribution >= 4 is 22.4 Å². The topological polar surface area (TPSA) is 89.8 Å². The summed E-state index contributed by atoms with van der Waals surface area (Å²) < 4.78 is 12.1. The maximum absolute atomic E-state index is 13.6. The molecule has 1 fully saturated rings. The average molecular weight is 527 g/mol. The number of hydrogen-bond acceptors (Lipinski definition) is 6. The molecule has 1 aliphatic heterocycles. The molecule has 0 aliphatic carbocycles. The molecule has 0 radical (unpaired) electrons. The highest BCUT2D eigenvalue weighted by molar-refractivity contribution is 5.96. The number of fused-ring (bicyclic) bond motifs is 1. The number of aryl methyl sites for hydroxylation is 1. The van der Waals surface area contributed by atoms with Gasteiger partial charge in [-0.2, -0.15) is 0 Å². The van der Waals surface area contributed by atoms with E-state index >= 15 is 0 Å². The number of nitrogens with zero attached hydrogens (tertiary/aromatic N) is 1. The maximum Gasteiger partial charge on any atom is 0.339 e. The number of esters is 1. The van der Waals surface area contributed by atoms with Crippen molar-refractivity contribution in [3.63, 3.8) is 0 Å². The molecule has 0 amide bonds. The fourth-order valence-electron chi connectivity index (χ4n) is 5.48. The zero-order valence-electron chi connectivity index (χ0n) is 22.8. The van der Waals surface area contributed by atoms with E-state index in [0.29, 0.717) is 42.7 Å². The number of carbonyl (C=O) groups is 1. The largest absolute Gasteiger partial charge is 0.465 e. The molecule has 2 N–H and O–H groups in total. The molecule has 5 rings (SSSR count). The quantitative estimate of drug-likeness (QED) is 0.324. The van der Waals surface area contributed by atoms with Crippen LogP contribution >= 0.6 is 0 Å². The first-order chi connectivity index (χ1) is 18.7. The van der Waals surface area contributed by atoms with Crippen LogP contribution in [0.4, 0.5) is 5.69 Å². The van der Waals surface area contributed by atoms with E-state index in [4.69, 9.17) is 9.47 Å². The highest BCUT2D eigenvalue weighted by atomic mass is 16.5. The molecule has 0 saturated carbocycles. The van der Waals surface area contributed by atoms with Crippen molar-refractivity contribution in [2.24, 2.45) is 7.05 Å². The highest BCUT2D eigenvalue weighted by Gasteiger charge is 2.31. The highest BCUT2D eigenvalue weighted by Crippen LogP contribution is 2.34. The number of anilines is 1. The van der Waals surface area contributed by atoms with E-state index in [1.54, 1.807) is 23.7 Å². The molecule has 1 unspecified atom stereocenters. The molecule has 39 heavy (non-hydrogen) atoms. The monoisotopic (exact) mass is 526 g/mol. The summed E-state index contributed by atoms with van der Waals surface area (Å²) in [4.78, 5) is 25.9. The Morgan fingerprint density at radius 2 is 1.74 bits per heavy atom. The van der Waals surface area contributed by atoms with Gasteiger partial charge in [0.1, 0.15) is 0 Å². The van der Waals surface area contributed by atoms with Gasteiger partial charge < -0.3 is 24.5 Å². The summed E-state index contributed by atoms with van der Waals surface area (Å²) in [5, 5.41) is 16.0. The van der Waals surface area contributed by atoms with Crippen molar-refractivity contribution in [1.82, 2.24) is 4.57 Å². The summed E-state index contributed by atoms with van der Waals surface area (Å²) >= 11 is 0. The van der Waals surface area contributed by atoms with E-state index in [2.05, 4.69) is 11.4 Å². The van der Waals surface area contributed by atoms with Crippen molar-refractivity contribution in [2.45, 2.75) is 38.3 Å². The van der Waals surface area contributed by atoms with Gasteiger partial charge in [-0.25, -0.2) is 4.79 Å². The molecular formula is C32H34N2O5. The second kappa shape index (κ2) is 10.7. The molecule has 1 aliphatic rings. The summed E-state index contributed by atoms with van der Waals surface area (Å²) in [6, 6.07) is 20.9. The van der Waals surface area contributed by atoms with E-state index < -0.39 is 11.6 Å². The summed E-state index contributed by atoms with van der Waals surface area (Å²) in [6.07, 6.45) is 1.13. The van der Waals surface area contributed by atoms with Crippen LogP contribution < -0.4 is 10.9 Å². The van der Waals surface area contributed by atoms with Gasteiger partial charge in [0.15, 0.2) is 0 Å². The first-order valence-corrected chi connectivity index (χ1v) is 13.2. The van der Waals surface area contributed by atoms with Gasteiger partial charge in [0.05, 0.1) is 24.0 Å². The molecule has 3 aromatic carbocycles. The van der Waals surface area contributed by atoms with E-state index in [0.717, 1.165) is 33.3 Å². The smallest absolute Gasteiger partial charge is 0.339 e. The third-order valence-electron chi connectivity index (χ3n) is 7.74. The van der Waals surface area contributed by atoms with Crippen LogP contribution in [0.25, 0.3) is 22.0 Å². The third kappa shape index (κ3) is 5.07. The average Bonchev–Trinajstić information content (AvgIpc) is 2.95. The van der Waals surface area contributed by atoms with Crippen molar-refractivity contribution < 1.29 is 19.4 Å². The van der Waals surface area contributed by atoms with Crippen LogP contribution in [0, 0.1) is 6.92 Å². The van der Waals surface area contributed by atoms with E-state index in [1.165, 1.54) is 7.11 Å². The van der Waals surface area contributed by atoms with E-state index in [1.807, 2.05) is 62.4 Å². The van der Waals surface area contributed by atoms with Crippen LogP contribution in [0.2, 0.25) is 0 Å². The Morgan fingerprint density at radius 1 is 1.05 bits per heavy atom. The summed E-state index contributed by atoms with van der Waals surface area (Å²) in [6.45, 7) is 5.07. The number of carbonyl (C=O) groups excluding carboxylic acids is 1. The number of nitrogens with one attached hydrogen (secondary N) is 1. The fourth-order valence-corrected chi connectivity index (χ4v) is 5.48. The van der Waals surface area contributed by atoms with Gasteiger partial charge in [0.2, 0.25) is 0 Å². The maximum atomic E-state index is 13.6. The van der Waals surface area contributed by atoms with Crippen LogP contribution in [0.15, 0.2) is 71.5 Å². The van der Waals surface area contributed by atoms with Gasteiger partial charge in [0.25, 0.3) is 5.56 Å². The predicted molar refractivity (Wildman–Crippen MR) is 153 cm³/mol. The van der Waals surface area contributed by atoms with E-state index in [9.17, 15) is 14.7 Å². The standard InChI is InChI=1S/C32H34N2O5/c1-20-17-25(21(2)33-28-8-6-5-7-24(28)31(36)38-4)26-19-29(34(3)30(35)27(26)18-20)22-9-11-23(12-10-22)32(37)13-15-39-16-14-32/h5-12,17-19,21,33,37H,13-16H2,1-4H3. The number of pyridine rings is 1. The van der Waals surface area contributed by atoms with Gasteiger partial charge >= 0.3 is 5.97 Å². The Balaban J connectivity index is 1.57. The van der Waals surface area contributed by atoms with Crippen LogP contribution in [0.3, 0.4) is 0 Å². The first kappa shape index (κ1) is 26.7. The van der Waals surface area contributed by atoms with Gasteiger partial charge in [-0.3, -0.25) is 4.79 Å². The van der Waals surface area contributed by atoms with Gasteiger partial charge in [-0.15, -0.1) is 0 Å². The van der Waals surface area contributed by atoms with Crippen molar-refractivity contribution in [3.05, 3.63) is 99.3 Å². The minimum absolute atomic E-state index is 0.0817. The summed E-state index contributed by atoms with van der Waals surface area (Å²) in [5.74, 6) is -0.413. The minimum atomic E-state index is -0.891. The molecule has 2 heterocycles. The first-order valence-electron chi connectivity index (χ1n) is 13.2. The van der Waals surface area contributed by atoms with Crippen LogP contribution in [0.5, 0.6) is 0 Å². The second-order valence-corrected chi connectivity index (χ2v) is 10.3. The Hall–Kier alpha value is -3.94. The van der Waals surface area contributed by atoms with Crippen molar-refractivity contribution in [2.75, 3.05) is 25.6 Å².